The third kappa shape index (κ3) is 3.65. The number of carbonyl (C=O) groups is 1. The molecule has 21 heavy (non-hydrogen) atoms. The predicted molar refractivity (Wildman–Crippen MR) is 78.5 cm³/mol. The smallest absolute Gasteiger partial charge is 0.287 e. The molecular formula is C14H22N2O4S. The summed E-state index contributed by atoms with van der Waals surface area (Å²) in [4.78, 5) is 12.2. The standard InChI is InChI=1S/C14H22N2O4S/c1-3-10-6-4-5-7-11(10)16-14(17)12-8-9-13(20-12)21(18,19)15-2/h8-11,15H,3-7H2,1-2H3,(H,16,17)/t10-,11+/m1/s1. The first-order valence-corrected chi connectivity index (χ1v) is 8.80. The lowest BCUT2D eigenvalue weighted by Gasteiger charge is -2.31. The first-order chi connectivity index (χ1) is 9.97. The average Bonchev–Trinajstić information content (AvgIpc) is 2.98. The highest BCUT2D eigenvalue weighted by atomic mass is 32.2. The second kappa shape index (κ2) is 6.62. The number of hydrogen-bond donors (Lipinski definition) is 2. The fourth-order valence-corrected chi connectivity index (χ4v) is 3.46. The second-order valence-electron chi connectivity index (χ2n) is 5.36. The maximum Gasteiger partial charge on any atom is 0.287 e. The average molecular weight is 314 g/mol. The van der Waals surface area contributed by atoms with Crippen molar-refractivity contribution in [2.45, 2.75) is 50.2 Å². The van der Waals surface area contributed by atoms with Crippen LogP contribution >= 0.6 is 0 Å². The van der Waals surface area contributed by atoms with E-state index in [0.29, 0.717) is 5.92 Å². The van der Waals surface area contributed by atoms with Crippen LogP contribution in [0.3, 0.4) is 0 Å². The van der Waals surface area contributed by atoms with E-state index in [-0.39, 0.29) is 22.8 Å². The molecule has 0 aromatic carbocycles. The van der Waals surface area contributed by atoms with E-state index < -0.39 is 10.0 Å². The van der Waals surface area contributed by atoms with Gasteiger partial charge in [0.25, 0.3) is 15.9 Å². The molecule has 6 nitrogen and oxygen atoms in total. The summed E-state index contributed by atoms with van der Waals surface area (Å²) in [6, 6.07) is 2.83. The molecule has 1 fully saturated rings. The van der Waals surface area contributed by atoms with Gasteiger partial charge >= 0.3 is 0 Å². The summed E-state index contributed by atoms with van der Waals surface area (Å²) in [5, 5.41) is 2.73. The number of rotatable bonds is 5. The van der Waals surface area contributed by atoms with Crippen molar-refractivity contribution in [3.8, 4) is 0 Å². The third-order valence-electron chi connectivity index (χ3n) is 4.09. The Morgan fingerprint density at radius 3 is 2.71 bits per heavy atom. The van der Waals surface area contributed by atoms with Gasteiger partial charge < -0.3 is 9.73 Å². The molecule has 0 saturated heterocycles. The fourth-order valence-electron chi connectivity index (χ4n) is 2.81. The number of carbonyl (C=O) groups excluding carboxylic acids is 1. The van der Waals surface area contributed by atoms with Gasteiger partial charge in [0.2, 0.25) is 5.09 Å². The quantitative estimate of drug-likeness (QED) is 0.868. The number of amides is 1. The van der Waals surface area contributed by atoms with Gasteiger partial charge in [-0.1, -0.05) is 26.2 Å². The van der Waals surface area contributed by atoms with Crippen molar-refractivity contribution in [1.29, 1.82) is 0 Å². The molecule has 1 amide bonds. The molecule has 0 bridgehead atoms. The van der Waals surface area contributed by atoms with Crippen LogP contribution in [-0.2, 0) is 10.0 Å². The summed E-state index contributed by atoms with van der Waals surface area (Å²) < 4.78 is 30.5. The van der Waals surface area contributed by atoms with Gasteiger partial charge in [0.1, 0.15) is 0 Å². The highest BCUT2D eigenvalue weighted by Gasteiger charge is 2.27. The van der Waals surface area contributed by atoms with Crippen LogP contribution in [0.2, 0.25) is 0 Å². The van der Waals surface area contributed by atoms with Crippen LogP contribution in [0.25, 0.3) is 0 Å². The Bertz CT molecular complexity index is 594. The molecule has 7 heteroatoms. The van der Waals surface area contributed by atoms with Gasteiger partial charge in [-0.05, 0) is 37.9 Å². The van der Waals surface area contributed by atoms with Crippen LogP contribution in [0.4, 0.5) is 0 Å². The van der Waals surface area contributed by atoms with E-state index in [1.165, 1.54) is 25.6 Å². The van der Waals surface area contributed by atoms with E-state index in [4.69, 9.17) is 4.42 Å². The second-order valence-corrected chi connectivity index (χ2v) is 7.18. The minimum atomic E-state index is -3.66. The summed E-state index contributed by atoms with van der Waals surface area (Å²) in [6.07, 6.45) is 5.43. The number of nitrogens with one attached hydrogen (secondary N) is 2. The Kier molecular flexibility index (Phi) is 5.05. The molecule has 0 unspecified atom stereocenters. The highest BCUT2D eigenvalue weighted by Crippen LogP contribution is 2.27. The molecule has 1 aliphatic rings. The summed E-state index contributed by atoms with van der Waals surface area (Å²) in [7, 11) is -2.36. The van der Waals surface area contributed by atoms with Crippen LogP contribution in [0.15, 0.2) is 21.6 Å². The van der Waals surface area contributed by atoms with E-state index in [1.807, 2.05) is 0 Å². The van der Waals surface area contributed by atoms with Crippen LogP contribution in [0.5, 0.6) is 0 Å². The molecule has 1 heterocycles. The van der Waals surface area contributed by atoms with E-state index in [1.54, 1.807) is 0 Å². The SMILES string of the molecule is CC[C@@H]1CCCC[C@@H]1NC(=O)c1ccc(S(=O)(=O)NC)o1. The lowest BCUT2D eigenvalue weighted by atomic mass is 9.83. The topological polar surface area (TPSA) is 88.4 Å². The van der Waals surface area contributed by atoms with Crippen molar-refractivity contribution in [2.24, 2.45) is 5.92 Å². The molecule has 0 spiro atoms. The van der Waals surface area contributed by atoms with Gasteiger partial charge in [-0.2, -0.15) is 0 Å². The highest BCUT2D eigenvalue weighted by molar-refractivity contribution is 7.89. The zero-order chi connectivity index (χ0) is 15.5. The van der Waals surface area contributed by atoms with Crippen molar-refractivity contribution in [1.82, 2.24) is 10.0 Å². The molecule has 0 aliphatic heterocycles. The number of sulfonamides is 1. The van der Waals surface area contributed by atoms with Crippen LogP contribution in [0.1, 0.15) is 49.6 Å². The first-order valence-electron chi connectivity index (χ1n) is 7.32. The van der Waals surface area contributed by atoms with E-state index in [2.05, 4.69) is 17.0 Å². The maximum atomic E-state index is 12.2. The summed E-state index contributed by atoms with van der Waals surface area (Å²) in [6.45, 7) is 2.12. The Hall–Kier alpha value is -1.34. The van der Waals surface area contributed by atoms with Gasteiger partial charge in [-0.25, -0.2) is 13.1 Å². The van der Waals surface area contributed by atoms with Gasteiger partial charge in [-0.3, -0.25) is 4.79 Å². The molecule has 2 atom stereocenters. The van der Waals surface area contributed by atoms with Crippen LogP contribution in [0, 0.1) is 5.92 Å². The van der Waals surface area contributed by atoms with Crippen molar-refractivity contribution in [2.75, 3.05) is 7.05 Å². The first kappa shape index (κ1) is 16.0. The van der Waals surface area contributed by atoms with Gasteiger partial charge in [0.05, 0.1) is 0 Å². The van der Waals surface area contributed by atoms with Crippen molar-refractivity contribution in [3.63, 3.8) is 0 Å². The van der Waals surface area contributed by atoms with Gasteiger partial charge in [-0.15, -0.1) is 0 Å². The molecule has 118 valence electrons. The fraction of sp³-hybridized carbons (Fsp3) is 0.643. The molecule has 1 aromatic heterocycles. The van der Waals surface area contributed by atoms with Crippen molar-refractivity contribution in [3.05, 3.63) is 17.9 Å². The van der Waals surface area contributed by atoms with Gasteiger partial charge in [0, 0.05) is 6.04 Å². The van der Waals surface area contributed by atoms with Crippen molar-refractivity contribution >= 4 is 15.9 Å². The maximum absolute atomic E-state index is 12.2. The Morgan fingerprint density at radius 2 is 2.05 bits per heavy atom. The largest absolute Gasteiger partial charge is 0.438 e. The Labute approximate surface area is 125 Å². The monoisotopic (exact) mass is 314 g/mol. The van der Waals surface area contributed by atoms with E-state index in [0.717, 1.165) is 25.7 Å². The Morgan fingerprint density at radius 1 is 1.33 bits per heavy atom. The molecule has 1 aromatic rings. The normalized spacial score (nSPS) is 23.0. The van der Waals surface area contributed by atoms with E-state index in [9.17, 15) is 13.2 Å². The minimum Gasteiger partial charge on any atom is -0.438 e. The van der Waals surface area contributed by atoms with Gasteiger partial charge in [0.15, 0.2) is 5.76 Å². The predicted octanol–water partition coefficient (Wildman–Crippen LogP) is 1.89. The van der Waals surface area contributed by atoms with Crippen LogP contribution in [-0.4, -0.2) is 27.4 Å². The third-order valence-corrected chi connectivity index (χ3v) is 5.38. The number of hydrogen-bond acceptors (Lipinski definition) is 4. The molecular weight excluding hydrogens is 292 g/mol. The zero-order valence-electron chi connectivity index (χ0n) is 12.4. The van der Waals surface area contributed by atoms with E-state index >= 15 is 0 Å². The number of furan rings is 1. The molecule has 2 N–H and O–H groups in total. The summed E-state index contributed by atoms with van der Waals surface area (Å²) in [5.74, 6) is 0.167. The molecule has 1 saturated carbocycles. The Balaban J connectivity index is 2.07. The van der Waals surface area contributed by atoms with Crippen molar-refractivity contribution < 1.29 is 17.6 Å². The molecule has 1 aliphatic carbocycles. The molecule has 0 radical (unpaired) electrons. The van der Waals surface area contributed by atoms with Crippen LogP contribution < -0.4 is 10.0 Å². The minimum absolute atomic E-state index is 0.0317. The lowest BCUT2D eigenvalue weighted by molar-refractivity contribution is 0.0871. The molecule has 2 rings (SSSR count). The summed E-state index contributed by atoms with van der Waals surface area (Å²) >= 11 is 0. The zero-order valence-corrected chi connectivity index (χ0v) is 13.2. The summed E-state index contributed by atoms with van der Waals surface area (Å²) in [5.41, 5.74) is 0. The lowest BCUT2D eigenvalue weighted by Crippen LogP contribution is -2.41.